The second-order valence-corrected chi connectivity index (χ2v) is 7.57. The standard InChI is InChI=1S/C23H16N4O2S/c28-20(13-12-17-9-6-14-30-17)22-24-18-10-4-5-11-19(18)27(22)15-21-25-26-23(29-21)16-7-2-1-3-8-16/h1-14H,15H2. The summed E-state index contributed by atoms with van der Waals surface area (Å²) in [5.74, 6) is 1.01. The summed E-state index contributed by atoms with van der Waals surface area (Å²) in [4.78, 5) is 18.5. The number of carbonyl (C=O) groups is 1. The van der Waals surface area contributed by atoms with Crippen LogP contribution in [0.1, 0.15) is 21.4 Å². The molecular weight excluding hydrogens is 396 g/mol. The van der Waals surface area contributed by atoms with Gasteiger partial charge in [0.15, 0.2) is 5.82 Å². The van der Waals surface area contributed by atoms with Crippen molar-refractivity contribution in [1.29, 1.82) is 0 Å². The minimum absolute atomic E-state index is 0.178. The summed E-state index contributed by atoms with van der Waals surface area (Å²) in [6.45, 7) is 0.258. The molecule has 0 radical (unpaired) electrons. The summed E-state index contributed by atoms with van der Waals surface area (Å²) in [6, 6.07) is 21.1. The molecule has 0 aliphatic heterocycles. The third kappa shape index (κ3) is 3.58. The number of ketones is 1. The molecule has 7 heteroatoms. The molecule has 0 fully saturated rings. The predicted octanol–water partition coefficient (Wildman–Crippen LogP) is 5.09. The molecule has 0 aliphatic rings. The van der Waals surface area contributed by atoms with Crippen molar-refractivity contribution in [1.82, 2.24) is 19.7 Å². The molecule has 0 bridgehead atoms. The predicted molar refractivity (Wildman–Crippen MR) is 116 cm³/mol. The van der Waals surface area contributed by atoms with E-state index in [1.54, 1.807) is 23.5 Å². The molecule has 146 valence electrons. The second-order valence-electron chi connectivity index (χ2n) is 6.59. The summed E-state index contributed by atoms with van der Waals surface area (Å²) in [5, 5.41) is 10.3. The zero-order valence-electron chi connectivity index (χ0n) is 15.8. The Morgan fingerprint density at radius 1 is 1.00 bits per heavy atom. The SMILES string of the molecule is O=C(C=Cc1cccs1)c1nc2ccccc2n1Cc1nnc(-c2ccccc2)o1. The van der Waals surface area contributed by atoms with Crippen LogP contribution in [0.2, 0.25) is 0 Å². The number of imidazole rings is 1. The number of hydrogen-bond acceptors (Lipinski definition) is 6. The van der Waals surface area contributed by atoms with Gasteiger partial charge in [0.2, 0.25) is 17.6 Å². The highest BCUT2D eigenvalue weighted by atomic mass is 32.1. The maximum absolute atomic E-state index is 12.9. The van der Waals surface area contributed by atoms with E-state index in [1.165, 1.54) is 0 Å². The van der Waals surface area contributed by atoms with E-state index in [-0.39, 0.29) is 12.3 Å². The van der Waals surface area contributed by atoms with Gasteiger partial charge in [0.1, 0.15) is 6.54 Å². The van der Waals surface area contributed by atoms with E-state index in [9.17, 15) is 4.79 Å². The van der Waals surface area contributed by atoms with E-state index >= 15 is 0 Å². The highest BCUT2D eigenvalue weighted by Gasteiger charge is 2.18. The van der Waals surface area contributed by atoms with Crippen molar-refractivity contribution in [3.05, 3.63) is 94.8 Å². The summed E-state index contributed by atoms with van der Waals surface area (Å²) >= 11 is 1.57. The first-order valence-electron chi connectivity index (χ1n) is 9.37. The molecule has 3 heterocycles. The summed E-state index contributed by atoms with van der Waals surface area (Å²) in [5.41, 5.74) is 2.43. The number of rotatable bonds is 6. The smallest absolute Gasteiger partial charge is 0.247 e. The molecule has 0 atom stereocenters. The zero-order valence-corrected chi connectivity index (χ0v) is 16.6. The van der Waals surface area contributed by atoms with Crippen molar-refractivity contribution < 1.29 is 9.21 Å². The van der Waals surface area contributed by atoms with Crippen molar-refractivity contribution in [3.63, 3.8) is 0 Å². The van der Waals surface area contributed by atoms with E-state index < -0.39 is 0 Å². The molecular formula is C23H16N4O2S. The molecule has 6 nitrogen and oxygen atoms in total. The van der Waals surface area contributed by atoms with Crippen LogP contribution in [0.25, 0.3) is 28.6 Å². The number of para-hydroxylation sites is 2. The number of nitrogens with zero attached hydrogens (tertiary/aromatic N) is 4. The van der Waals surface area contributed by atoms with Gasteiger partial charge in [-0.2, -0.15) is 0 Å². The van der Waals surface area contributed by atoms with Crippen LogP contribution in [0, 0.1) is 0 Å². The third-order valence-corrected chi connectivity index (χ3v) is 5.44. The maximum Gasteiger partial charge on any atom is 0.247 e. The molecule has 0 saturated heterocycles. The Hall–Kier alpha value is -3.84. The van der Waals surface area contributed by atoms with Gasteiger partial charge in [-0.15, -0.1) is 21.5 Å². The van der Waals surface area contributed by atoms with Gasteiger partial charge in [0.05, 0.1) is 11.0 Å². The molecule has 3 aromatic heterocycles. The lowest BCUT2D eigenvalue weighted by atomic mass is 10.2. The maximum atomic E-state index is 12.9. The molecule has 0 amide bonds. The number of thiophene rings is 1. The van der Waals surface area contributed by atoms with E-state index in [0.717, 1.165) is 21.5 Å². The van der Waals surface area contributed by atoms with Gasteiger partial charge in [0, 0.05) is 10.4 Å². The monoisotopic (exact) mass is 412 g/mol. The van der Waals surface area contributed by atoms with Crippen molar-refractivity contribution in [2.45, 2.75) is 6.54 Å². The quantitative estimate of drug-likeness (QED) is 0.287. The Labute approximate surface area is 176 Å². The number of benzene rings is 2. The fraction of sp³-hybridized carbons (Fsp3) is 0.0435. The van der Waals surface area contributed by atoms with Gasteiger partial charge < -0.3 is 8.98 Å². The van der Waals surface area contributed by atoms with Gasteiger partial charge in [-0.3, -0.25) is 4.79 Å². The van der Waals surface area contributed by atoms with Gasteiger partial charge in [-0.25, -0.2) is 4.98 Å². The van der Waals surface area contributed by atoms with Crippen LogP contribution in [0.15, 0.2) is 82.6 Å². The molecule has 0 N–H and O–H groups in total. The first-order valence-corrected chi connectivity index (χ1v) is 10.2. The first kappa shape index (κ1) is 18.2. The average molecular weight is 412 g/mol. The average Bonchev–Trinajstić information content (AvgIpc) is 3.54. The molecule has 0 spiro atoms. The van der Waals surface area contributed by atoms with Crippen LogP contribution < -0.4 is 0 Å². The van der Waals surface area contributed by atoms with Crippen molar-refractivity contribution in [3.8, 4) is 11.5 Å². The van der Waals surface area contributed by atoms with E-state index in [2.05, 4.69) is 15.2 Å². The normalized spacial score (nSPS) is 11.5. The van der Waals surface area contributed by atoms with Crippen LogP contribution in [0.3, 0.4) is 0 Å². The summed E-state index contributed by atoms with van der Waals surface area (Å²) in [7, 11) is 0. The van der Waals surface area contributed by atoms with Crippen LogP contribution >= 0.6 is 11.3 Å². The van der Waals surface area contributed by atoms with Gasteiger partial charge in [-0.1, -0.05) is 36.4 Å². The topological polar surface area (TPSA) is 73.8 Å². The number of aromatic nitrogens is 4. The molecule has 0 unspecified atom stereocenters. The number of fused-ring (bicyclic) bond motifs is 1. The van der Waals surface area contributed by atoms with Crippen molar-refractivity contribution >= 4 is 34.2 Å². The Morgan fingerprint density at radius 3 is 2.67 bits per heavy atom. The molecule has 30 heavy (non-hydrogen) atoms. The Balaban J connectivity index is 1.50. The van der Waals surface area contributed by atoms with E-state index in [0.29, 0.717) is 17.6 Å². The Bertz CT molecular complexity index is 1330. The number of allylic oxidation sites excluding steroid dienone is 1. The zero-order chi connectivity index (χ0) is 20.3. The fourth-order valence-electron chi connectivity index (χ4n) is 3.19. The number of carbonyl (C=O) groups excluding carboxylic acids is 1. The lowest BCUT2D eigenvalue weighted by molar-refractivity contribution is 0.103. The van der Waals surface area contributed by atoms with Crippen LogP contribution in [-0.4, -0.2) is 25.5 Å². The number of hydrogen-bond donors (Lipinski definition) is 0. The first-order chi connectivity index (χ1) is 14.8. The van der Waals surface area contributed by atoms with Crippen molar-refractivity contribution in [2.24, 2.45) is 0 Å². The summed E-state index contributed by atoms with van der Waals surface area (Å²) in [6.07, 6.45) is 3.35. The fourth-order valence-corrected chi connectivity index (χ4v) is 3.81. The molecule has 2 aromatic carbocycles. The minimum atomic E-state index is -0.178. The third-order valence-electron chi connectivity index (χ3n) is 4.60. The van der Waals surface area contributed by atoms with E-state index in [4.69, 9.17) is 4.42 Å². The van der Waals surface area contributed by atoms with Crippen molar-refractivity contribution in [2.75, 3.05) is 0 Å². The van der Waals surface area contributed by atoms with Crippen LogP contribution in [0.5, 0.6) is 0 Å². The lowest BCUT2D eigenvalue weighted by Crippen LogP contribution is -2.10. The minimum Gasteiger partial charge on any atom is -0.419 e. The van der Waals surface area contributed by atoms with Gasteiger partial charge in [-0.05, 0) is 47.9 Å². The lowest BCUT2D eigenvalue weighted by Gasteiger charge is -2.04. The Kier molecular flexibility index (Phi) is 4.78. The van der Waals surface area contributed by atoms with Gasteiger partial charge >= 0.3 is 0 Å². The summed E-state index contributed by atoms with van der Waals surface area (Å²) < 4.78 is 7.67. The molecule has 0 saturated carbocycles. The van der Waals surface area contributed by atoms with Gasteiger partial charge in [0.25, 0.3) is 0 Å². The highest BCUT2D eigenvalue weighted by molar-refractivity contribution is 7.10. The molecule has 5 rings (SSSR count). The largest absolute Gasteiger partial charge is 0.419 e. The Morgan fingerprint density at radius 2 is 1.83 bits per heavy atom. The molecule has 0 aliphatic carbocycles. The van der Waals surface area contributed by atoms with E-state index in [1.807, 2.05) is 76.7 Å². The van der Waals surface area contributed by atoms with Crippen LogP contribution in [-0.2, 0) is 6.54 Å². The van der Waals surface area contributed by atoms with Crippen LogP contribution in [0.4, 0.5) is 0 Å². The second kappa shape index (κ2) is 7.88. The highest BCUT2D eigenvalue weighted by Crippen LogP contribution is 2.21. The molecule has 5 aromatic rings.